The van der Waals surface area contributed by atoms with Crippen LogP contribution in [0.3, 0.4) is 0 Å². The molecule has 2 unspecified atom stereocenters. The van der Waals surface area contributed by atoms with Crippen molar-refractivity contribution < 1.29 is 0 Å². The lowest BCUT2D eigenvalue weighted by molar-refractivity contribution is 0.993. The van der Waals surface area contributed by atoms with Gasteiger partial charge < -0.3 is 0 Å². The Balaban J connectivity index is 2.25. The Morgan fingerprint density at radius 2 is 1.27 bits per heavy atom. The molecule has 0 radical (unpaired) electrons. The summed E-state index contributed by atoms with van der Waals surface area (Å²) in [6.45, 7) is 0. The van der Waals surface area contributed by atoms with Crippen LogP contribution in [0.2, 0.25) is 0 Å². The van der Waals surface area contributed by atoms with Crippen LogP contribution in [0.4, 0.5) is 0 Å². The second-order valence-electron chi connectivity index (χ2n) is 2.88. The van der Waals surface area contributed by atoms with Crippen LogP contribution in [-0.2, 0) is 0 Å². The summed E-state index contributed by atoms with van der Waals surface area (Å²) < 4.78 is -0.543. The van der Waals surface area contributed by atoms with Gasteiger partial charge in [0.05, 0.1) is 0 Å². The molecule has 2 atom stereocenters. The van der Waals surface area contributed by atoms with E-state index in [9.17, 15) is 0 Å². The maximum absolute atomic E-state index is 5.99. The fraction of sp³-hybridized carbons (Fsp3) is 0.333. The van der Waals surface area contributed by atoms with Gasteiger partial charge in [-0.2, -0.15) is 0 Å². The Labute approximate surface area is 76.2 Å². The average Bonchev–Trinajstić information content (AvgIpc) is 2.29. The maximum atomic E-state index is 5.99. The van der Waals surface area contributed by atoms with E-state index in [1.54, 1.807) is 0 Å². The van der Waals surface area contributed by atoms with Crippen molar-refractivity contribution in [3.8, 4) is 0 Å². The largest absolute Gasteiger partial charge is 0.132 e. The van der Waals surface area contributed by atoms with Gasteiger partial charge in [0.15, 0.2) is 0 Å². The first-order valence-electron chi connectivity index (χ1n) is 3.62. The Hall–Kier alpha value is -0.200. The van der Waals surface area contributed by atoms with E-state index < -0.39 is 4.33 Å². The second-order valence-corrected chi connectivity index (χ2v) is 4.33. The van der Waals surface area contributed by atoms with Gasteiger partial charge in [0, 0.05) is 11.8 Å². The van der Waals surface area contributed by atoms with Crippen molar-refractivity contribution in [2.24, 2.45) is 11.8 Å². The van der Waals surface area contributed by atoms with Crippen molar-refractivity contribution in [1.29, 1.82) is 0 Å². The van der Waals surface area contributed by atoms with E-state index in [1.165, 1.54) is 0 Å². The molecule has 1 fully saturated rings. The van der Waals surface area contributed by atoms with Crippen molar-refractivity contribution in [3.63, 3.8) is 0 Å². The standard InChI is InChI=1S/C9H8Cl2/c10-9(11)7-5-3-1-2-4-6-8(7)9/h1-8H/b2-1-,5-3-,6-4-. The Bertz CT molecular complexity index is 224. The fourth-order valence-corrected chi connectivity index (χ4v) is 2.08. The minimum absolute atomic E-state index is 0.312. The van der Waals surface area contributed by atoms with E-state index in [-0.39, 0.29) is 0 Å². The van der Waals surface area contributed by atoms with E-state index in [0.717, 1.165) is 0 Å². The molecule has 0 N–H and O–H groups in total. The Morgan fingerprint density at radius 1 is 0.818 bits per heavy atom. The molecular weight excluding hydrogens is 179 g/mol. The van der Waals surface area contributed by atoms with Gasteiger partial charge in [0.25, 0.3) is 0 Å². The van der Waals surface area contributed by atoms with Gasteiger partial charge in [-0.1, -0.05) is 36.5 Å². The van der Waals surface area contributed by atoms with Crippen LogP contribution in [0.1, 0.15) is 0 Å². The molecule has 0 nitrogen and oxygen atoms in total. The quantitative estimate of drug-likeness (QED) is 0.511. The lowest BCUT2D eigenvalue weighted by Gasteiger charge is -1.89. The smallest absolute Gasteiger partial charge is 0.100 e. The summed E-state index contributed by atoms with van der Waals surface area (Å²) in [7, 11) is 0. The lowest BCUT2D eigenvalue weighted by atomic mass is 10.2. The number of halogens is 2. The van der Waals surface area contributed by atoms with Gasteiger partial charge >= 0.3 is 0 Å². The van der Waals surface area contributed by atoms with E-state index >= 15 is 0 Å². The Morgan fingerprint density at radius 3 is 1.73 bits per heavy atom. The van der Waals surface area contributed by atoms with E-state index in [4.69, 9.17) is 23.2 Å². The average molecular weight is 187 g/mol. The van der Waals surface area contributed by atoms with Crippen molar-refractivity contribution in [2.75, 3.05) is 0 Å². The minimum Gasteiger partial charge on any atom is -0.100 e. The predicted molar refractivity (Wildman–Crippen MR) is 48.8 cm³/mol. The molecular formula is C9H8Cl2. The van der Waals surface area contributed by atoms with E-state index in [2.05, 4.69) is 12.2 Å². The number of hydrogen-bond acceptors (Lipinski definition) is 0. The number of alkyl halides is 2. The highest BCUT2D eigenvalue weighted by Gasteiger charge is 2.60. The van der Waals surface area contributed by atoms with Crippen molar-refractivity contribution in [3.05, 3.63) is 36.5 Å². The van der Waals surface area contributed by atoms with Crippen molar-refractivity contribution in [1.82, 2.24) is 0 Å². The Kier molecular flexibility index (Phi) is 1.62. The molecule has 0 saturated heterocycles. The molecule has 2 rings (SSSR count). The first-order valence-corrected chi connectivity index (χ1v) is 4.38. The molecule has 0 aromatic heterocycles. The summed E-state index contributed by atoms with van der Waals surface area (Å²) in [6.07, 6.45) is 12.1. The third-order valence-electron chi connectivity index (χ3n) is 2.14. The third-order valence-corrected chi connectivity index (χ3v) is 3.14. The normalized spacial score (nSPS) is 46.4. The maximum Gasteiger partial charge on any atom is 0.132 e. The fourth-order valence-electron chi connectivity index (χ4n) is 1.37. The first-order chi connectivity index (χ1) is 5.23. The molecule has 0 amide bonds. The summed E-state index contributed by atoms with van der Waals surface area (Å²) in [5, 5.41) is 0. The highest BCUT2D eigenvalue weighted by atomic mass is 35.5. The van der Waals surface area contributed by atoms with Gasteiger partial charge in [-0.25, -0.2) is 0 Å². The second kappa shape index (κ2) is 2.40. The van der Waals surface area contributed by atoms with Gasteiger partial charge in [-0.05, 0) is 0 Å². The summed E-state index contributed by atoms with van der Waals surface area (Å²) in [4.78, 5) is 0. The zero-order chi connectivity index (χ0) is 7.90. The molecule has 0 bridgehead atoms. The highest BCUT2D eigenvalue weighted by Crippen LogP contribution is 2.60. The van der Waals surface area contributed by atoms with Gasteiger partial charge in [-0.3, -0.25) is 0 Å². The predicted octanol–water partition coefficient (Wildman–Crippen LogP) is 3.09. The number of fused-ring (bicyclic) bond motifs is 1. The zero-order valence-corrected chi connectivity index (χ0v) is 7.39. The summed E-state index contributed by atoms with van der Waals surface area (Å²) >= 11 is 12.0. The molecule has 11 heavy (non-hydrogen) atoms. The van der Waals surface area contributed by atoms with Crippen molar-refractivity contribution in [2.45, 2.75) is 4.33 Å². The molecule has 2 heteroatoms. The molecule has 0 aromatic rings. The van der Waals surface area contributed by atoms with Crippen LogP contribution < -0.4 is 0 Å². The van der Waals surface area contributed by atoms with Crippen LogP contribution in [0, 0.1) is 11.8 Å². The zero-order valence-electron chi connectivity index (χ0n) is 5.87. The summed E-state index contributed by atoms with van der Waals surface area (Å²) in [5.74, 6) is 0.624. The topological polar surface area (TPSA) is 0 Å². The number of hydrogen-bond donors (Lipinski definition) is 0. The first kappa shape index (κ1) is 7.45. The molecule has 58 valence electrons. The van der Waals surface area contributed by atoms with Crippen LogP contribution in [0.25, 0.3) is 0 Å². The molecule has 0 aromatic carbocycles. The van der Waals surface area contributed by atoms with Gasteiger partial charge in [0.1, 0.15) is 4.33 Å². The van der Waals surface area contributed by atoms with Crippen LogP contribution >= 0.6 is 23.2 Å². The summed E-state index contributed by atoms with van der Waals surface area (Å²) in [5.41, 5.74) is 0. The van der Waals surface area contributed by atoms with Crippen molar-refractivity contribution >= 4 is 23.2 Å². The molecule has 2 aliphatic carbocycles. The van der Waals surface area contributed by atoms with Crippen LogP contribution in [0.5, 0.6) is 0 Å². The molecule has 1 saturated carbocycles. The number of allylic oxidation sites excluding steroid dienone is 6. The molecule has 2 aliphatic rings. The molecule has 0 spiro atoms. The molecule has 0 heterocycles. The van der Waals surface area contributed by atoms with Crippen LogP contribution in [-0.4, -0.2) is 4.33 Å². The van der Waals surface area contributed by atoms with E-state index in [1.807, 2.05) is 24.3 Å². The lowest BCUT2D eigenvalue weighted by Crippen LogP contribution is -1.86. The van der Waals surface area contributed by atoms with Gasteiger partial charge in [0.2, 0.25) is 0 Å². The summed E-state index contributed by atoms with van der Waals surface area (Å²) in [6, 6.07) is 0. The van der Waals surface area contributed by atoms with E-state index in [0.29, 0.717) is 11.8 Å². The SMILES string of the molecule is ClC1(Cl)C2\C=C/C=C\C=C/C21. The molecule has 0 aliphatic heterocycles. The van der Waals surface area contributed by atoms with Crippen LogP contribution in [0.15, 0.2) is 36.5 Å². The number of rotatable bonds is 0. The minimum atomic E-state index is -0.543. The highest BCUT2D eigenvalue weighted by molar-refractivity contribution is 6.51. The third kappa shape index (κ3) is 1.15. The monoisotopic (exact) mass is 186 g/mol. The van der Waals surface area contributed by atoms with Gasteiger partial charge in [-0.15, -0.1) is 23.2 Å².